The van der Waals surface area contributed by atoms with Gasteiger partial charge in [0.25, 0.3) is 10.0 Å². The average molecular weight is 433 g/mol. The molecule has 0 unspecified atom stereocenters. The van der Waals surface area contributed by atoms with E-state index in [1.807, 2.05) is 0 Å². The maximum Gasteiger partial charge on any atom is 0.264 e. The van der Waals surface area contributed by atoms with E-state index in [1.165, 1.54) is 17.8 Å². The Labute approximate surface area is 180 Å². The molecule has 2 aromatic rings. The summed E-state index contributed by atoms with van der Waals surface area (Å²) in [4.78, 5) is 2.46. The van der Waals surface area contributed by atoms with Crippen LogP contribution in [0.1, 0.15) is 33.1 Å². The Balaban J connectivity index is 1.92. The minimum atomic E-state index is -3.87. The van der Waals surface area contributed by atoms with Crippen LogP contribution in [0.2, 0.25) is 0 Å². The van der Waals surface area contributed by atoms with Gasteiger partial charge >= 0.3 is 0 Å². The highest BCUT2D eigenvalue weighted by Gasteiger charge is 2.32. The van der Waals surface area contributed by atoms with E-state index in [4.69, 9.17) is 4.74 Å². The normalized spacial score (nSPS) is 21.2. The quantitative estimate of drug-likeness (QED) is 0.691. The summed E-state index contributed by atoms with van der Waals surface area (Å²) in [6.07, 6.45) is 2.53. The summed E-state index contributed by atoms with van der Waals surface area (Å²) < 4.78 is 33.7. The molecule has 0 bridgehead atoms. The van der Waals surface area contributed by atoms with Gasteiger partial charge in [-0.25, -0.2) is 8.42 Å². The summed E-state index contributed by atoms with van der Waals surface area (Å²) >= 11 is 0. The molecule has 1 fully saturated rings. The second-order valence-corrected chi connectivity index (χ2v) is 9.86. The number of methoxy groups -OCH3 is 1. The molecule has 1 N–H and O–H groups in total. The molecule has 1 heterocycles. The Hall–Kier alpha value is -2.09. The molecule has 1 aliphatic rings. The van der Waals surface area contributed by atoms with Gasteiger partial charge in [0.1, 0.15) is 5.75 Å². The Morgan fingerprint density at radius 1 is 1.07 bits per heavy atom. The molecule has 164 valence electrons. The molecule has 0 saturated carbocycles. The topological polar surface area (TPSA) is 70.1 Å². The Morgan fingerprint density at radius 3 is 2.30 bits per heavy atom. The van der Waals surface area contributed by atoms with Crippen molar-refractivity contribution in [1.82, 2.24) is 4.90 Å². The zero-order valence-electron chi connectivity index (χ0n) is 17.9. The summed E-state index contributed by atoms with van der Waals surface area (Å²) in [6.45, 7) is 4.72. The Kier molecular flexibility index (Phi) is 7.39. The van der Waals surface area contributed by atoms with E-state index in [-0.39, 0.29) is 11.4 Å². The first kappa shape index (κ1) is 22.6. The van der Waals surface area contributed by atoms with E-state index in [0.29, 0.717) is 30.1 Å². The van der Waals surface area contributed by atoms with Gasteiger partial charge in [0.2, 0.25) is 0 Å². The number of ether oxygens (including phenoxy) is 1. The van der Waals surface area contributed by atoms with E-state index in [1.54, 1.807) is 54.6 Å². The maximum absolute atomic E-state index is 13.5. The van der Waals surface area contributed by atoms with Gasteiger partial charge < -0.3 is 9.84 Å². The molecule has 0 aliphatic carbocycles. The first-order valence-corrected chi connectivity index (χ1v) is 11.9. The van der Waals surface area contributed by atoms with Crippen LogP contribution in [0.3, 0.4) is 0 Å². The van der Waals surface area contributed by atoms with E-state index < -0.39 is 16.1 Å². The van der Waals surface area contributed by atoms with Gasteiger partial charge in [0.05, 0.1) is 30.3 Å². The number of hydrogen-bond donors (Lipinski definition) is 1. The van der Waals surface area contributed by atoms with Crippen LogP contribution < -0.4 is 9.04 Å². The molecule has 1 saturated heterocycles. The predicted molar refractivity (Wildman–Crippen MR) is 119 cm³/mol. The van der Waals surface area contributed by atoms with Gasteiger partial charge in [-0.3, -0.25) is 9.21 Å². The summed E-state index contributed by atoms with van der Waals surface area (Å²) in [6, 6.07) is 16.0. The molecule has 3 rings (SSSR count). The van der Waals surface area contributed by atoms with E-state index in [2.05, 4.69) is 18.7 Å². The molecule has 0 aromatic heterocycles. The number of piperidine rings is 1. The lowest BCUT2D eigenvalue weighted by molar-refractivity contribution is 0.0455. The Bertz CT molecular complexity index is 910. The standard InChI is InChI=1S/C23H32N2O4S/c1-18-10-9-11-19(2)24(18)16-20(26)17-25(22-14-7-8-15-23(22)29-3)30(27,28)21-12-5-4-6-13-21/h4-8,12-15,18-20,26H,9-11,16-17H2,1-3H3/t18-,19-,20-/m1/s1. The number of hydrogen-bond acceptors (Lipinski definition) is 5. The molecule has 2 aromatic carbocycles. The smallest absolute Gasteiger partial charge is 0.264 e. The van der Waals surface area contributed by atoms with Gasteiger partial charge in [-0.2, -0.15) is 0 Å². The van der Waals surface area contributed by atoms with Crippen LogP contribution in [0, 0.1) is 0 Å². The molecular weight excluding hydrogens is 400 g/mol. The fourth-order valence-corrected chi connectivity index (χ4v) is 5.74. The molecule has 6 nitrogen and oxygen atoms in total. The largest absolute Gasteiger partial charge is 0.495 e. The molecule has 1 aliphatic heterocycles. The van der Waals surface area contributed by atoms with Crippen molar-refractivity contribution in [3.8, 4) is 5.75 Å². The monoisotopic (exact) mass is 432 g/mol. The van der Waals surface area contributed by atoms with Gasteiger partial charge in [-0.1, -0.05) is 36.8 Å². The number of β-amino-alcohol motifs (C(OH)–C–C–N with tert-alkyl or cyclic N) is 1. The minimum absolute atomic E-state index is 0.0481. The van der Waals surface area contributed by atoms with Crippen molar-refractivity contribution in [1.29, 1.82) is 0 Å². The SMILES string of the molecule is COc1ccccc1N(C[C@H](O)CN1[C@H](C)CCC[C@H]1C)S(=O)(=O)c1ccccc1. The van der Waals surface area contributed by atoms with Crippen LogP contribution in [0.25, 0.3) is 0 Å². The molecule has 0 amide bonds. The average Bonchev–Trinajstić information content (AvgIpc) is 2.75. The van der Waals surface area contributed by atoms with Crippen molar-refractivity contribution in [3.05, 3.63) is 54.6 Å². The number of sulfonamides is 1. The molecular formula is C23H32N2O4S. The molecule has 30 heavy (non-hydrogen) atoms. The van der Waals surface area contributed by atoms with E-state index in [9.17, 15) is 13.5 Å². The van der Waals surface area contributed by atoms with Crippen LogP contribution in [-0.4, -0.2) is 56.8 Å². The van der Waals surface area contributed by atoms with Gasteiger partial charge in [0.15, 0.2) is 0 Å². The number of nitrogens with zero attached hydrogens (tertiary/aromatic N) is 2. The summed E-state index contributed by atoms with van der Waals surface area (Å²) in [5, 5.41) is 11.0. The third kappa shape index (κ3) is 4.96. The fraction of sp³-hybridized carbons (Fsp3) is 0.478. The highest BCUT2D eigenvalue weighted by molar-refractivity contribution is 7.92. The maximum atomic E-state index is 13.5. The van der Waals surface area contributed by atoms with Crippen molar-refractivity contribution in [3.63, 3.8) is 0 Å². The fourth-order valence-electron chi connectivity index (χ4n) is 4.21. The second kappa shape index (κ2) is 9.81. The van der Waals surface area contributed by atoms with E-state index in [0.717, 1.165) is 12.8 Å². The first-order valence-electron chi connectivity index (χ1n) is 10.5. The third-order valence-electron chi connectivity index (χ3n) is 5.86. The van der Waals surface area contributed by atoms with Crippen LogP contribution in [0.15, 0.2) is 59.5 Å². The second-order valence-electron chi connectivity index (χ2n) is 8.00. The predicted octanol–water partition coefficient (Wildman–Crippen LogP) is 3.51. The van der Waals surface area contributed by atoms with E-state index >= 15 is 0 Å². The number of benzene rings is 2. The number of likely N-dealkylation sites (tertiary alicyclic amines) is 1. The summed E-state index contributed by atoms with van der Waals surface area (Å²) in [7, 11) is -2.36. The number of rotatable bonds is 8. The highest BCUT2D eigenvalue weighted by atomic mass is 32.2. The zero-order valence-corrected chi connectivity index (χ0v) is 18.8. The van der Waals surface area contributed by atoms with Gasteiger partial charge in [-0.05, 0) is 51.0 Å². The molecule has 7 heteroatoms. The van der Waals surface area contributed by atoms with Crippen LogP contribution >= 0.6 is 0 Å². The molecule has 0 spiro atoms. The van der Waals surface area contributed by atoms with Crippen molar-refractivity contribution in [2.24, 2.45) is 0 Å². The number of aliphatic hydroxyl groups is 1. The lowest BCUT2D eigenvalue weighted by atomic mass is 9.97. The van der Waals surface area contributed by atoms with Crippen LogP contribution in [0.4, 0.5) is 5.69 Å². The van der Waals surface area contributed by atoms with Crippen LogP contribution in [-0.2, 0) is 10.0 Å². The van der Waals surface area contributed by atoms with Gasteiger partial charge in [0, 0.05) is 18.6 Å². The van der Waals surface area contributed by atoms with Crippen LogP contribution in [0.5, 0.6) is 5.75 Å². The third-order valence-corrected chi connectivity index (χ3v) is 7.65. The Morgan fingerprint density at radius 2 is 1.67 bits per heavy atom. The minimum Gasteiger partial charge on any atom is -0.495 e. The number of para-hydroxylation sites is 2. The summed E-state index contributed by atoms with van der Waals surface area (Å²) in [5.41, 5.74) is 0.419. The van der Waals surface area contributed by atoms with Crippen molar-refractivity contribution in [2.75, 3.05) is 24.5 Å². The lowest BCUT2D eigenvalue weighted by Crippen LogP contribution is -2.50. The molecule has 3 atom stereocenters. The van der Waals surface area contributed by atoms with Crippen molar-refractivity contribution in [2.45, 2.75) is 56.2 Å². The molecule has 0 radical (unpaired) electrons. The van der Waals surface area contributed by atoms with Crippen molar-refractivity contribution >= 4 is 15.7 Å². The zero-order chi connectivity index (χ0) is 21.7. The number of aliphatic hydroxyl groups excluding tert-OH is 1. The lowest BCUT2D eigenvalue weighted by Gasteiger charge is -2.40. The first-order chi connectivity index (χ1) is 14.3. The van der Waals surface area contributed by atoms with Gasteiger partial charge in [-0.15, -0.1) is 0 Å². The summed E-state index contributed by atoms with van der Waals surface area (Å²) in [5.74, 6) is 0.448. The highest BCUT2D eigenvalue weighted by Crippen LogP contribution is 2.32. The van der Waals surface area contributed by atoms with Crippen molar-refractivity contribution < 1.29 is 18.3 Å². The number of anilines is 1.